The van der Waals surface area contributed by atoms with Gasteiger partial charge < -0.3 is 15.4 Å². The molecule has 0 aliphatic carbocycles. The Labute approximate surface area is 112 Å². The average molecular weight is 266 g/mol. The molecule has 1 unspecified atom stereocenters. The zero-order chi connectivity index (χ0) is 13.2. The third kappa shape index (κ3) is 2.59. The molecule has 2 heterocycles. The number of nitrogens with zero attached hydrogens (tertiary/aromatic N) is 3. The summed E-state index contributed by atoms with van der Waals surface area (Å²) in [5.41, 5.74) is 6.36. The van der Waals surface area contributed by atoms with Crippen molar-refractivity contribution in [2.75, 3.05) is 25.1 Å². The van der Waals surface area contributed by atoms with E-state index in [1.807, 2.05) is 6.07 Å². The fraction of sp³-hybridized carbons (Fsp3) is 0.583. The molecule has 0 saturated carbocycles. The summed E-state index contributed by atoms with van der Waals surface area (Å²) in [6.07, 6.45) is 3.71. The van der Waals surface area contributed by atoms with Crippen LogP contribution in [0.5, 0.6) is 0 Å². The van der Waals surface area contributed by atoms with E-state index in [2.05, 4.69) is 22.0 Å². The van der Waals surface area contributed by atoms with Crippen molar-refractivity contribution in [2.45, 2.75) is 25.4 Å². The SMILES string of the molecule is COC1(C)CCCN(c2nnccc2C(N)=S)C1. The lowest BCUT2D eigenvalue weighted by atomic mass is 9.94. The summed E-state index contributed by atoms with van der Waals surface area (Å²) in [4.78, 5) is 2.50. The molecule has 0 aromatic carbocycles. The second kappa shape index (κ2) is 5.16. The first kappa shape index (κ1) is 13.2. The molecule has 1 atom stereocenters. The number of hydrogen-bond donors (Lipinski definition) is 1. The van der Waals surface area contributed by atoms with Crippen molar-refractivity contribution in [3.63, 3.8) is 0 Å². The Morgan fingerprint density at radius 1 is 1.61 bits per heavy atom. The number of hydrogen-bond acceptors (Lipinski definition) is 5. The molecule has 1 aromatic heterocycles. The highest BCUT2D eigenvalue weighted by Gasteiger charge is 2.32. The monoisotopic (exact) mass is 266 g/mol. The van der Waals surface area contributed by atoms with E-state index in [0.717, 1.165) is 37.3 Å². The zero-order valence-corrected chi connectivity index (χ0v) is 11.5. The second-order valence-corrected chi connectivity index (χ2v) is 5.25. The minimum absolute atomic E-state index is 0.150. The minimum atomic E-state index is -0.150. The summed E-state index contributed by atoms with van der Waals surface area (Å²) in [6, 6.07) is 1.81. The van der Waals surface area contributed by atoms with Crippen molar-refractivity contribution in [3.05, 3.63) is 17.8 Å². The van der Waals surface area contributed by atoms with Crippen molar-refractivity contribution in [1.29, 1.82) is 0 Å². The second-order valence-electron chi connectivity index (χ2n) is 4.81. The van der Waals surface area contributed by atoms with Gasteiger partial charge in [0.1, 0.15) is 4.99 Å². The molecule has 18 heavy (non-hydrogen) atoms. The molecular formula is C12H18N4OS. The van der Waals surface area contributed by atoms with Crippen LogP contribution in [0.1, 0.15) is 25.3 Å². The molecule has 1 fully saturated rings. The quantitative estimate of drug-likeness (QED) is 0.827. The van der Waals surface area contributed by atoms with Crippen LogP contribution in [0.15, 0.2) is 12.3 Å². The van der Waals surface area contributed by atoms with E-state index in [1.165, 1.54) is 0 Å². The summed E-state index contributed by atoms with van der Waals surface area (Å²) in [5.74, 6) is 0.757. The highest BCUT2D eigenvalue weighted by Crippen LogP contribution is 2.28. The summed E-state index contributed by atoms with van der Waals surface area (Å²) in [6.45, 7) is 3.81. The van der Waals surface area contributed by atoms with Gasteiger partial charge >= 0.3 is 0 Å². The molecule has 1 aromatic rings. The van der Waals surface area contributed by atoms with Crippen LogP contribution in [0.2, 0.25) is 0 Å². The molecule has 1 aliphatic rings. The lowest BCUT2D eigenvalue weighted by molar-refractivity contribution is -0.00484. The number of piperidine rings is 1. The molecule has 0 spiro atoms. The number of rotatable bonds is 3. The van der Waals surface area contributed by atoms with E-state index in [1.54, 1.807) is 13.3 Å². The van der Waals surface area contributed by atoms with Crippen LogP contribution < -0.4 is 10.6 Å². The van der Waals surface area contributed by atoms with Crippen LogP contribution in [0.4, 0.5) is 5.82 Å². The topological polar surface area (TPSA) is 64.3 Å². The average Bonchev–Trinajstić information content (AvgIpc) is 2.39. The summed E-state index contributed by atoms with van der Waals surface area (Å²) < 4.78 is 5.58. The lowest BCUT2D eigenvalue weighted by Crippen LogP contribution is -2.48. The van der Waals surface area contributed by atoms with Crippen molar-refractivity contribution in [3.8, 4) is 0 Å². The molecule has 0 bridgehead atoms. The van der Waals surface area contributed by atoms with Gasteiger partial charge in [-0.05, 0) is 25.8 Å². The molecule has 2 N–H and O–H groups in total. The fourth-order valence-electron chi connectivity index (χ4n) is 2.30. The molecule has 6 heteroatoms. The largest absolute Gasteiger partial charge is 0.389 e. The molecule has 5 nitrogen and oxygen atoms in total. The van der Waals surface area contributed by atoms with E-state index >= 15 is 0 Å². The van der Waals surface area contributed by atoms with Gasteiger partial charge in [-0.15, -0.1) is 5.10 Å². The lowest BCUT2D eigenvalue weighted by Gasteiger charge is -2.40. The van der Waals surface area contributed by atoms with E-state index in [9.17, 15) is 0 Å². The van der Waals surface area contributed by atoms with Crippen molar-refractivity contribution >= 4 is 23.0 Å². The van der Waals surface area contributed by atoms with Crippen molar-refractivity contribution in [2.24, 2.45) is 5.73 Å². The predicted octanol–water partition coefficient (Wildman–Crippen LogP) is 1.12. The minimum Gasteiger partial charge on any atom is -0.389 e. The Morgan fingerprint density at radius 3 is 3.06 bits per heavy atom. The van der Waals surface area contributed by atoms with E-state index < -0.39 is 0 Å². The molecule has 0 amide bonds. The van der Waals surface area contributed by atoms with Gasteiger partial charge in [0.15, 0.2) is 5.82 Å². The van der Waals surface area contributed by atoms with Gasteiger partial charge in [-0.25, -0.2) is 0 Å². The highest BCUT2D eigenvalue weighted by molar-refractivity contribution is 7.80. The van der Waals surface area contributed by atoms with E-state index in [0.29, 0.717) is 4.99 Å². The first-order chi connectivity index (χ1) is 8.56. The Balaban J connectivity index is 2.29. The summed E-state index contributed by atoms with van der Waals surface area (Å²) in [7, 11) is 1.74. The number of aromatic nitrogens is 2. The van der Waals surface area contributed by atoms with Crippen LogP contribution in [0.25, 0.3) is 0 Å². The fourth-order valence-corrected chi connectivity index (χ4v) is 2.46. The molecule has 1 aliphatic heterocycles. The van der Waals surface area contributed by atoms with Gasteiger partial charge in [-0.2, -0.15) is 5.10 Å². The highest BCUT2D eigenvalue weighted by atomic mass is 32.1. The summed E-state index contributed by atoms with van der Waals surface area (Å²) >= 11 is 5.06. The third-order valence-corrected chi connectivity index (χ3v) is 3.64. The van der Waals surface area contributed by atoms with Crippen LogP contribution in [-0.2, 0) is 4.74 Å². The van der Waals surface area contributed by atoms with Gasteiger partial charge in [0.05, 0.1) is 17.4 Å². The number of ether oxygens (including phenoxy) is 1. The van der Waals surface area contributed by atoms with Crippen LogP contribution in [0.3, 0.4) is 0 Å². The number of anilines is 1. The van der Waals surface area contributed by atoms with Gasteiger partial charge in [0.2, 0.25) is 0 Å². The molecule has 98 valence electrons. The maximum Gasteiger partial charge on any atom is 0.161 e. The first-order valence-electron chi connectivity index (χ1n) is 5.97. The number of nitrogens with two attached hydrogens (primary N) is 1. The third-order valence-electron chi connectivity index (χ3n) is 3.42. The normalized spacial score (nSPS) is 24.0. The molecule has 1 saturated heterocycles. The van der Waals surface area contributed by atoms with E-state index in [-0.39, 0.29) is 5.60 Å². The van der Waals surface area contributed by atoms with Crippen LogP contribution >= 0.6 is 12.2 Å². The summed E-state index contributed by atoms with van der Waals surface area (Å²) in [5, 5.41) is 8.11. The zero-order valence-electron chi connectivity index (χ0n) is 10.7. The van der Waals surface area contributed by atoms with Crippen LogP contribution in [-0.4, -0.2) is 41.0 Å². The van der Waals surface area contributed by atoms with Gasteiger partial charge in [-0.1, -0.05) is 12.2 Å². The standard InChI is InChI=1S/C12H18N4OS/c1-12(17-2)5-3-7-16(8-12)11-9(10(13)18)4-6-14-15-11/h4,6H,3,5,7-8H2,1-2H3,(H2,13,18). The van der Waals surface area contributed by atoms with E-state index in [4.69, 9.17) is 22.7 Å². The van der Waals surface area contributed by atoms with Crippen molar-refractivity contribution in [1.82, 2.24) is 10.2 Å². The Morgan fingerprint density at radius 2 is 2.39 bits per heavy atom. The smallest absolute Gasteiger partial charge is 0.161 e. The van der Waals surface area contributed by atoms with Gasteiger partial charge in [0, 0.05) is 20.2 Å². The first-order valence-corrected chi connectivity index (χ1v) is 6.38. The molecule has 2 rings (SSSR count). The van der Waals surface area contributed by atoms with Gasteiger partial charge in [-0.3, -0.25) is 0 Å². The Kier molecular flexibility index (Phi) is 3.77. The van der Waals surface area contributed by atoms with Gasteiger partial charge in [0.25, 0.3) is 0 Å². The van der Waals surface area contributed by atoms with Crippen LogP contribution in [0, 0.1) is 0 Å². The maximum absolute atomic E-state index is 5.73. The predicted molar refractivity (Wildman–Crippen MR) is 74.8 cm³/mol. The number of thiocarbonyl (C=S) groups is 1. The molecular weight excluding hydrogens is 248 g/mol. The van der Waals surface area contributed by atoms with Crippen molar-refractivity contribution < 1.29 is 4.74 Å². The Bertz CT molecular complexity index is 453. The number of methoxy groups -OCH3 is 1. The Hall–Kier alpha value is -1.27. The maximum atomic E-state index is 5.73. The molecule has 0 radical (unpaired) electrons.